The fourth-order valence-corrected chi connectivity index (χ4v) is 2.06. The van der Waals surface area contributed by atoms with Crippen molar-refractivity contribution < 1.29 is 0 Å². The Kier molecular flexibility index (Phi) is 2.53. The number of nitrogens with zero attached hydrogens (tertiary/aromatic N) is 2. The molecule has 0 fully saturated rings. The Morgan fingerprint density at radius 1 is 1.07 bits per heavy atom. The van der Waals surface area contributed by atoms with E-state index in [0.29, 0.717) is 5.92 Å². The van der Waals surface area contributed by atoms with E-state index in [1.165, 1.54) is 36.2 Å². The third-order valence-electron chi connectivity index (χ3n) is 2.92. The summed E-state index contributed by atoms with van der Waals surface area (Å²) in [5.41, 5.74) is 3.94. The van der Waals surface area contributed by atoms with Gasteiger partial charge in [-0.1, -0.05) is 13.8 Å². The third-order valence-corrected chi connectivity index (χ3v) is 2.92. The van der Waals surface area contributed by atoms with Gasteiger partial charge in [0, 0.05) is 17.3 Å². The van der Waals surface area contributed by atoms with E-state index >= 15 is 0 Å². The molecule has 0 spiro atoms. The van der Waals surface area contributed by atoms with Crippen molar-refractivity contribution in [3.05, 3.63) is 22.8 Å². The monoisotopic (exact) mass is 190 g/mol. The van der Waals surface area contributed by atoms with Crippen molar-refractivity contribution in [2.75, 3.05) is 0 Å². The predicted octanol–water partition coefficient (Wildman–Crippen LogP) is 2.79. The molecule has 0 atom stereocenters. The predicted molar refractivity (Wildman–Crippen MR) is 57.5 cm³/mol. The van der Waals surface area contributed by atoms with Gasteiger partial charge < -0.3 is 0 Å². The van der Waals surface area contributed by atoms with Gasteiger partial charge in [-0.2, -0.15) is 0 Å². The molecule has 0 amide bonds. The first-order valence-electron chi connectivity index (χ1n) is 5.54. The summed E-state index contributed by atoms with van der Waals surface area (Å²) in [4.78, 5) is 9.24. The smallest absolute Gasteiger partial charge is 0.131 e. The van der Waals surface area contributed by atoms with Crippen LogP contribution in [-0.2, 0) is 12.8 Å². The van der Waals surface area contributed by atoms with Crippen molar-refractivity contribution in [3.8, 4) is 0 Å². The minimum atomic E-state index is 0.445. The molecule has 2 rings (SSSR count). The van der Waals surface area contributed by atoms with Gasteiger partial charge >= 0.3 is 0 Å². The summed E-state index contributed by atoms with van der Waals surface area (Å²) >= 11 is 0. The lowest BCUT2D eigenvalue weighted by molar-refractivity contribution is 0.636. The topological polar surface area (TPSA) is 25.8 Å². The van der Waals surface area contributed by atoms with Crippen LogP contribution in [0.4, 0.5) is 0 Å². The van der Waals surface area contributed by atoms with Crippen LogP contribution in [0.2, 0.25) is 0 Å². The van der Waals surface area contributed by atoms with Gasteiger partial charge in [-0.15, -0.1) is 0 Å². The molecule has 0 aromatic carbocycles. The minimum absolute atomic E-state index is 0.445. The number of hydrogen-bond acceptors (Lipinski definition) is 2. The SMILES string of the molecule is Cc1nc(C(C)C)nc2c1CCCC2. The van der Waals surface area contributed by atoms with E-state index in [2.05, 4.69) is 30.7 Å². The van der Waals surface area contributed by atoms with E-state index in [1.54, 1.807) is 0 Å². The zero-order chi connectivity index (χ0) is 10.1. The lowest BCUT2D eigenvalue weighted by Crippen LogP contribution is -2.12. The average molecular weight is 190 g/mol. The summed E-state index contributed by atoms with van der Waals surface area (Å²) in [6, 6.07) is 0. The Hall–Kier alpha value is -0.920. The fourth-order valence-electron chi connectivity index (χ4n) is 2.06. The van der Waals surface area contributed by atoms with E-state index in [4.69, 9.17) is 0 Å². The molecule has 1 aromatic heterocycles. The van der Waals surface area contributed by atoms with E-state index in [0.717, 1.165) is 12.2 Å². The van der Waals surface area contributed by atoms with Crippen LogP contribution >= 0.6 is 0 Å². The number of aryl methyl sites for hydroxylation is 2. The Morgan fingerprint density at radius 2 is 1.79 bits per heavy atom. The largest absolute Gasteiger partial charge is 0.238 e. The van der Waals surface area contributed by atoms with Crippen LogP contribution in [0.15, 0.2) is 0 Å². The highest BCUT2D eigenvalue weighted by Crippen LogP contribution is 2.23. The van der Waals surface area contributed by atoms with E-state index < -0.39 is 0 Å². The highest BCUT2D eigenvalue weighted by molar-refractivity contribution is 5.27. The van der Waals surface area contributed by atoms with Gasteiger partial charge in [-0.3, -0.25) is 0 Å². The van der Waals surface area contributed by atoms with Gasteiger partial charge in [0.15, 0.2) is 0 Å². The van der Waals surface area contributed by atoms with Crippen LogP contribution in [0.3, 0.4) is 0 Å². The molecule has 0 unspecified atom stereocenters. The maximum atomic E-state index is 4.66. The number of fused-ring (bicyclic) bond motifs is 1. The molecular formula is C12H18N2. The zero-order valence-electron chi connectivity index (χ0n) is 9.30. The molecule has 1 aliphatic carbocycles. The summed E-state index contributed by atoms with van der Waals surface area (Å²) < 4.78 is 0. The maximum Gasteiger partial charge on any atom is 0.131 e. The molecule has 0 saturated heterocycles. The number of hydrogen-bond donors (Lipinski definition) is 0. The Balaban J connectivity index is 2.46. The van der Waals surface area contributed by atoms with Gasteiger partial charge in [0.05, 0.1) is 0 Å². The molecule has 0 radical (unpaired) electrons. The van der Waals surface area contributed by atoms with Crippen molar-refractivity contribution in [3.63, 3.8) is 0 Å². The molecule has 14 heavy (non-hydrogen) atoms. The maximum absolute atomic E-state index is 4.66. The highest BCUT2D eigenvalue weighted by Gasteiger charge is 2.16. The Bertz CT molecular complexity index is 342. The lowest BCUT2D eigenvalue weighted by atomic mass is 9.94. The molecule has 1 aliphatic rings. The molecule has 1 heterocycles. The van der Waals surface area contributed by atoms with Crippen LogP contribution in [0.1, 0.15) is 55.4 Å². The molecule has 0 aliphatic heterocycles. The zero-order valence-corrected chi connectivity index (χ0v) is 9.30. The first kappa shape index (κ1) is 9.63. The Labute approximate surface area is 85.8 Å². The van der Waals surface area contributed by atoms with E-state index in [9.17, 15) is 0 Å². The minimum Gasteiger partial charge on any atom is -0.238 e. The van der Waals surface area contributed by atoms with Crippen LogP contribution in [0, 0.1) is 6.92 Å². The molecule has 1 aromatic rings. The van der Waals surface area contributed by atoms with Gasteiger partial charge in [0.1, 0.15) is 5.82 Å². The number of rotatable bonds is 1. The third kappa shape index (κ3) is 1.66. The van der Waals surface area contributed by atoms with Gasteiger partial charge in [0.25, 0.3) is 0 Å². The molecule has 0 bridgehead atoms. The summed E-state index contributed by atoms with van der Waals surface area (Å²) in [5.74, 6) is 1.46. The van der Waals surface area contributed by atoms with Crippen molar-refractivity contribution in [1.82, 2.24) is 9.97 Å². The van der Waals surface area contributed by atoms with E-state index in [-0.39, 0.29) is 0 Å². The van der Waals surface area contributed by atoms with Gasteiger partial charge in [0.2, 0.25) is 0 Å². The van der Waals surface area contributed by atoms with E-state index in [1.807, 2.05) is 0 Å². The molecule has 0 N–H and O–H groups in total. The summed E-state index contributed by atoms with van der Waals surface area (Å²) in [6.07, 6.45) is 4.93. The van der Waals surface area contributed by atoms with Crippen LogP contribution < -0.4 is 0 Å². The van der Waals surface area contributed by atoms with Crippen molar-refractivity contribution >= 4 is 0 Å². The Morgan fingerprint density at radius 3 is 2.50 bits per heavy atom. The van der Waals surface area contributed by atoms with Gasteiger partial charge in [-0.25, -0.2) is 9.97 Å². The lowest BCUT2D eigenvalue weighted by Gasteiger charge is -2.18. The van der Waals surface area contributed by atoms with Crippen LogP contribution in [0.25, 0.3) is 0 Å². The fraction of sp³-hybridized carbons (Fsp3) is 0.667. The number of aromatic nitrogens is 2. The highest BCUT2D eigenvalue weighted by atomic mass is 14.9. The second-order valence-corrected chi connectivity index (χ2v) is 4.45. The second kappa shape index (κ2) is 3.68. The average Bonchev–Trinajstić information content (AvgIpc) is 2.17. The summed E-state index contributed by atoms with van der Waals surface area (Å²) in [7, 11) is 0. The van der Waals surface area contributed by atoms with Crippen molar-refractivity contribution in [1.29, 1.82) is 0 Å². The van der Waals surface area contributed by atoms with Crippen LogP contribution in [0.5, 0.6) is 0 Å². The van der Waals surface area contributed by atoms with Crippen molar-refractivity contribution in [2.24, 2.45) is 0 Å². The molecule has 76 valence electrons. The normalized spacial score (nSPS) is 15.7. The first-order chi connectivity index (χ1) is 6.68. The standard InChI is InChI=1S/C12H18N2/c1-8(2)12-13-9(3)10-6-4-5-7-11(10)14-12/h8H,4-7H2,1-3H3. The summed E-state index contributed by atoms with van der Waals surface area (Å²) in [5, 5.41) is 0. The van der Waals surface area contributed by atoms with Crippen molar-refractivity contribution in [2.45, 2.75) is 52.4 Å². The molecule has 0 saturated carbocycles. The van der Waals surface area contributed by atoms with Crippen LogP contribution in [-0.4, -0.2) is 9.97 Å². The second-order valence-electron chi connectivity index (χ2n) is 4.45. The first-order valence-corrected chi connectivity index (χ1v) is 5.54. The summed E-state index contributed by atoms with van der Waals surface area (Å²) in [6.45, 7) is 6.44. The quantitative estimate of drug-likeness (QED) is 0.680. The molecule has 2 heteroatoms. The molecule has 2 nitrogen and oxygen atoms in total. The molecular weight excluding hydrogens is 172 g/mol. The van der Waals surface area contributed by atoms with Gasteiger partial charge in [-0.05, 0) is 38.2 Å².